The standard InChI is InChI=1S/C42H29N3/c1-2-39-43-37-20-9-10-21-38(37)45(39)30-13-11-12-29(26-30)27-22-24-28(25-23-27)42-41-34-17-6-4-15-32(34)31-14-3-5-16-33(31)40(41)35-18-7-8-19-36(35)44-42/h3-26H,2H2,1H3. The fourth-order valence-electron chi connectivity index (χ4n) is 7.08. The number of para-hydroxylation sites is 3. The van der Waals surface area contributed by atoms with Gasteiger partial charge >= 0.3 is 0 Å². The van der Waals surface area contributed by atoms with E-state index in [1.807, 2.05) is 0 Å². The van der Waals surface area contributed by atoms with Crippen molar-refractivity contribution in [2.24, 2.45) is 0 Å². The molecule has 0 unspecified atom stereocenters. The number of rotatable bonds is 4. The van der Waals surface area contributed by atoms with E-state index >= 15 is 0 Å². The number of fused-ring (bicyclic) bond motifs is 9. The molecular formula is C42H29N3. The minimum atomic E-state index is 0.865. The average molecular weight is 576 g/mol. The maximum atomic E-state index is 5.32. The Labute approximate surface area is 261 Å². The number of aromatic nitrogens is 3. The lowest BCUT2D eigenvalue weighted by molar-refractivity contribution is 0.908. The summed E-state index contributed by atoms with van der Waals surface area (Å²) in [7, 11) is 0. The molecule has 7 aromatic carbocycles. The van der Waals surface area contributed by atoms with Crippen LogP contribution in [0.5, 0.6) is 0 Å². The van der Waals surface area contributed by atoms with Gasteiger partial charge in [0, 0.05) is 33.8 Å². The van der Waals surface area contributed by atoms with Crippen LogP contribution in [0, 0.1) is 0 Å². The molecule has 0 N–H and O–H groups in total. The molecule has 0 saturated carbocycles. The van der Waals surface area contributed by atoms with Gasteiger partial charge in [0.15, 0.2) is 0 Å². The maximum Gasteiger partial charge on any atom is 0.114 e. The van der Waals surface area contributed by atoms with E-state index in [2.05, 4.69) is 157 Å². The molecule has 3 nitrogen and oxygen atoms in total. The lowest BCUT2D eigenvalue weighted by Crippen LogP contribution is -2.00. The second-order valence-corrected chi connectivity index (χ2v) is 11.7. The number of pyridine rings is 1. The highest BCUT2D eigenvalue weighted by molar-refractivity contribution is 6.33. The summed E-state index contributed by atoms with van der Waals surface area (Å²) in [4.78, 5) is 10.2. The molecule has 0 aliphatic heterocycles. The van der Waals surface area contributed by atoms with Crippen LogP contribution in [0.2, 0.25) is 0 Å². The molecule has 0 aliphatic rings. The maximum absolute atomic E-state index is 5.32. The number of imidazole rings is 1. The van der Waals surface area contributed by atoms with E-state index in [4.69, 9.17) is 9.97 Å². The summed E-state index contributed by atoms with van der Waals surface area (Å²) in [5, 5.41) is 8.68. The molecule has 2 heterocycles. The van der Waals surface area contributed by atoms with Crippen molar-refractivity contribution in [1.29, 1.82) is 0 Å². The Morgan fingerprint density at radius 3 is 1.80 bits per heavy atom. The zero-order chi connectivity index (χ0) is 29.9. The Hall–Kier alpha value is -5.80. The van der Waals surface area contributed by atoms with Crippen molar-refractivity contribution in [3.63, 3.8) is 0 Å². The molecule has 0 spiro atoms. The van der Waals surface area contributed by atoms with Crippen molar-refractivity contribution >= 4 is 54.3 Å². The molecule has 2 aromatic heterocycles. The van der Waals surface area contributed by atoms with Gasteiger partial charge in [-0.15, -0.1) is 0 Å². The van der Waals surface area contributed by atoms with Crippen LogP contribution in [-0.2, 0) is 6.42 Å². The molecular weight excluding hydrogens is 546 g/mol. The van der Waals surface area contributed by atoms with E-state index in [-0.39, 0.29) is 0 Å². The van der Waals surface area contributed by atoms with Crippen molar-refractivity contribution in [1.82, 2.24) is 14.5 Å². The van der Waals surface area contributed by atoms with Gasteiger partial charge in [-0.25, -0.2) is 9.97 Å². The molecule has 212 valence electrons. The zero-order valence-electron chi connectivity index (χ0n) is 24.9. The van der Waals surface area contributed by atoms with Crippen molar-refractivity contribution in [3.05, 3.63) is 151 Å². The number of hydrogen-bond acceptors (Lipinski definition) is 2. The van der Waals surface area contributed by atoms with Gasteiger partial charge in [-0.1, -0.05) is 122 Å². The van der Waals surface area contributed by atoms with Crippen LogP contribution < -0.4 is 0 Å². The first-order valence-electron chi connectivity index (χ1n) is 15.6. The second-order valence-electron chi connectivity index (χ2n) is 11.7. The highest BCUT2D eigenvalue weighted by atomic mass is 15.1. The van der Waals surface area contributed by atoms with E-state index in [1.165, 1.54) is 48.8 Å². The lowest BCUT2D eigenvalue weighted by Gasteiger charge is -2.16. The van der Waals surface area contributed by atoms with Gasteiger partial charge in [0.05, 0.1) is 22.2 Å². The summed E-state index contributed by atoms with van der Waals surface area (Å²) in [6, 6.07) is 52.1. The highest BCUT2D eigenvalue weighted by Gasteiger charge is 2.17. The van der Waals surface area contributed by atoms with Crippen molar-refractivity contribution in [3.8, 4) is 28.1 Å². The van der Waals surface area contributed by atoms with Gasteiger partial charge in [-0.05, 0) is 63.0 Å². The number of benzene rings is 7. The van der Waals surface area contributed by atoms with Crippen LogP contribution in [0.4, 0.5) is 0 Å². The summed E-state index contributed by atoms with van der Waals surface area (Å²) in [5.41, 5.74) is 8.77. The van der Waals surface area contributed by atoms with Gasteiger partial charge in [0.1, 0.15) is 5.82 Å². The Morgan fingerprint density at radius 2 is 1.07 bits per heavy atom. The summed E-state index contributed by atoms with van der Waals surface area (Å²) in [6.45, 7) is 2.16. The minimum absolute atomic E-state index is 0.865. The highest BCUT2D eigenvalue weighted by Crippen LogP contribution is 2.42. The molecule has 0 aliphatic carbocycles. The molecule has 0 bridgehead atoms. The molecule has 3 heteroatoms. The van der Waals surface area contributed by atoms with Gasteiger partial charge in [0.2, 0.25) is 0 Å². The molecule has 0 atom stereocenters. The predicted octanol–water partition coefficient (Wildman–Crippen LogP) is 10.9. The van der Waals surface area contributed by atoms with Crippen LogP contribution in [0.25, 0.3) is 82.3 Å². The third-order valence-corrected chi connectivity index (χ3v) is 9.12. The topological polar surface area (TPSA) is 30.7 Å². The first kappa shape index (κ1) is 25.7. The summed E-state index contributed by atoms with van der Waals surface area (Å²) in [6.07, 6.45) is 0.865. The monoisotopic (exact) mass is 575 g/mol. The van der Waals surface area contributed by atoms with Crippen LogP contribution in [0.3, 0.4) is 0 Å². The Kier molecular flexibility index (Phi) is 5.79. The summed E-state index contributed by atoms with van der Waals surface area (Å²) in [5.74, 6) is 1.07. The van der Waals surface area contributed by atoms with Gasteiger partial charge < -0.3 is 0 Å². The van der Waals surface area contributed by atoms with Gasteiger partial charge in [-0.3, -0.25) is 4.57 Å². The lowest BCUT2D eigenvalue weighted by atomic mass is 9.90. The second kappa shape index (κ2) is 10.1. The summed E-state index contributed by atoms with van der Waals surface area (Å²) >= 11 is 0. The van der Waals surface area contributed by atoms with Crippen molar-refractivity contribution in [2.45, 2.75) is 13.3 Å². The number of hydrogen-bond donors (Lipinski definition) is 0. The molecule has 45 heavy (non-hydrogen) atoms. The SMILES string of the molecule is CCc1nc2ccccc2n1-c1cccc(-c2ccc(-c3nc4ccccc4c4c5ccccc5c5ccccc5c34)cc2)c1. The molecule has 0 radical (unpaired) electrons. The van der Waals surface area contributed by atoms with Crippen LogP contribution in [0.1, 0.15) is 12.7 Å². The van der Waals surface area contributed by atoms with Crippen LogP contribution >= 0.6 is 0 Å². The van der Waals surface area contributed by atoms with E-state index in [0.717, 1.165) is 45.7 Å². The van der Waals surface area contributed by atoms with Gasteiger partial charge in [-0.2, -0.15) is 0 Å². The van der Waals surface area contributed by atoms with Gasteiger partial charge in [0.25, 0.3) is 0 Å². The fraction of sp³-hybridized carbons (Fsp3) is 0.0476. The normalized spacial score (nSPS) is 11.8. The first-order chi connectivity index (χ1) is 22.3. The largest absolute Gasteiger partial charge is 0.296 e. The quantitative estimate of drug-likeness (QED) is 0.195. The minimum Gasteiger partial charge on any atom is -0.296 e. The Bertz CT molecular complexity index is 2570. The molecule has 9 rings (SSSR count). The van der Waals surface area contributed by atoms with Crippen LogP contribution in [0.15, 0.2) is 146 Å². The zero-order valence-corrected chi connectivity index (χ0v) is 24.9. The fourth-order valence-corrected chi connectivity index (χ4v) is 7.08. The van der Waals surface area contributed by atoms with E-state index in [0.29, 0.717) is 0 Å². The first-order valence-corrected chi connectivity index (χ1v) is 15.6. The van der Waals surface area contributed by atoms with E-state index in [1.54, 1.807) is 0 Å². The van der Waals surface area contributed by atoms with E-state index in [9.17, 15) is 0 Å². The number of nitrogens with zero attached hydrogens (tertiary/aromatic N) is 3. The third-order valence-electron chi connectivity index (χ3n) is 9.12. The van der Waals surface area contributed by atoms with Crippen LogP contribution in [-0.4, -0.2) is 14.5 Å². The Morgan fingerprint density at radius 1 is 0.467 bits per heavy atom. The summed E-state index contributed by atoms with van der Waals surface area (Å²) < 4.78 is 2.29. The Balaban J connectivity index is 1.23. The molecule has 0 amide bonds. The van der Waals surface area contributed by atoms with Crippen molar-refractivity contribution < 1.29 is 0 Å². The number of aryl methyl sites for hydroxylation is 1. The predicted molar refractivity (Wildman–Crippen MR) is 189 cm³/mol. The molecule has 0 saturated heterocycles. The molecule has 0 fully saturated rings. The van der Waals surface area contributed by atoms with Crippen molar-refractivity contribution in [2.75, 3.05) is 0 Å². The average Bonchev–Trinajstić information content (AvgIpc) is 3.50. The van der Waals surface area contributed by atoms with E-state index < -0.39 is 0 Å². The molecule has 9 aromatic rings. The third kappa shape index (κ3) is 3.98. The smallest absolute Gasteiger partial charge is 0.114 e.